The lowest BCUT2D eigenvalue weighted by Gasteiger charge is -2.37. The molecule has 13 heteroatoms. The van der Waals surface area contributed by atoms with E-state index in [9.17, 15) is 28.8 Å². The summed E-state index contributed by atoms with van der Waals surface area (Å²) in [7, 11) is 0. The Labute approximate surface area is 283 Å². The van der Waals surface area contributed by atoms with Crippen molar-refractivity contribution in [2.45, 2.75) is 63.6 Å². The Morgan fingerprint density at radius 3 is 2.29 bits per heavy atom. The summed E-state index contributed by atoms with van der Waals surface area (Å²) in [4.78, 5) is 81.5. The standard InChI is InChI=1S/C36H39N7O6/c44-30-10-9-29(33(46)39-30)43-35(48)27-7-4-8-28(32(27)36(43)49)37-20-24-21-38-42(22-24)26-13-17-41(18-14-26)34(47)25-11-15-40(16-12-25)31(45)19-23-5-2-1-3-6-23/h1-8,21-22,25-26,29,37H,9-20H2,(H,39,44,46). The SMILES string of the molecule is O=C1CCC(N2C(=O)c3cccc(NCc4cnn(C5CCN(C(=O)C6CCN(C(=O)Cc7ccccc7)CC6)CC5)c4)c3C2=O)C(=O)N1. The minimum Gasteiger partial charge on any atom is -0.380 e. The van der Waals surface area contributed by atoms with Gasteiger partial charge in [0.25, 0.3) is 11.8 Å². The smallest absolute Gasteiger partial charge is 0.264 e. The van der Waals surface area contributed by atoms with Crippen molar-refractivity contribution in [1.29, 1.82) is 0 Å². The molecule has 49 heavy (non-hydrogen) atoms. The number of likely N-dealkylation sites (tertiary alicyclic amines) is 2. The van der Waals surface area contributed by atoms with Crippen LogP contribution in [-0.4, -0.2) is 92.1 Å². The van der Waals surface area contributed by atoms with Crippen LogP contribution in [0.4, 0.5) is 5.69 Å². The molecule has 0 spiro atoms. The number of imide groups is 2. The molecule has 1 unspecified atom stereocenters. The van der Waals surface area contributed by atoms with Crippen molar-refractivity contribution in [2.24, 2.45) is 5.92 Å². The fourth-order valence-corrected chi connectivity index (χ4v) is 7.40. The third kappa shape index (κ3) is 6.57. The van der Waals surface area contributed by atoms with Gasteiger partial charge >= 0.3 is 0 Å². The zero-order chi connectivity index (χ0) is 34.1. The monoisotopic (exact) mass is 665 g/mol. The zero-order valence-electron chi connectivity index (χ0n) is 27.2. The fourth-order valence-electron chi connectivity index (χ4n) is 7.40. The van der Waals surface area contributed by atoms with Crippen molar-refractivity contribution in [2.75, 3.05) is 31.5 Å². The van der Waals surface area contributed by atoms with Crippen molar-refractivity contribution in [3.63, 3.8) is 0 Å². The molecule has 0 saturated carbocycles. The Bertz CT molecular complexity index is 1790. The van der Waals surface area contributed by atoms with E-state index < -0.39 is 29.7 Å². The number of benzene rings is 2. The second kappa shape index (κ2) is 13.7. The number of nitrogens with zero attached hydrogens (tertiary/aromatic N) is 5. The number of piperidine rings is 3. The molecule has 3 aromatic rings. The Hall–Kier alpha value is -5.33. The molecule has 254 valence electrons. The van der Waals surface area contributed by atoms with Crippen LogP contribution in [0.2, 0.25) is 0 Å². The first-order valence-electron chi connectivity index (χ1n) is 17.0. The highest BCUT2D eigenvalue weighted by Gasteiger charge is 2.45. The number of fused-ring (bicyclic) bond motifs is 1. The van der Waals surface area contributed by atoms with E-state index in [0.717, 1.165) is 28.9 Å². The normalized spacial score (nSPS) is 20.4. The van der Waals surface area contributed by atoms with Crippen molar-refractivity contribution < 1.29 is 28.8 Å². The fraction of sp³-hybridized carbons (Fsp3) is 0.417. The van der Waals surface area contributed by atoms with E-state index in [4.69, 9.17) is 0 Å². The highest BCUT2D eigenvalue weighted by Crippen LogP contribution is 2.33. The zero-order valence-corrected chi connectivity index (χ0v) is 27.2. The highest BCUT2D eigenvalue weighted by molar-refractivity contribution is 6.25. The average molecular weight is 666 g/mol. The Morgan fingerprint density at radius 1 is 0.816 bits per heavy atom. The molecule has 5 heterocycles. The molecule has 2 aromatic carbocycles. The van der Waals surface area contributed by atoms with Gasteiger partial charge in [0.15, 0.2) is 0 Å². The van der Waals surface area contributed by atoms with Gasteiger partial charge in [-0.25, -0.2) is 0 Å². The number of carbonyl (C=O) groups is 6. The van der Waals surface area contributed by atoms with Crippen molar-refractivity contribution in [3.05, 3.63) is 83.2 Å². The summed E-state index contributed by atoms with van der Waals surface area (Å²) in [5.41, 5.74) is 2.81. The van der Waals surface area contributed by atoms with E-state index in [-0.39, 0.29) is 47.7 Å². The molecule has 7 rings (SSSR count). The van der Waals surface area contributed by atoms with Crippen LogP contribution < -0.4 is 10.6 Å². The summed E-state index contributed by atoms with van der Waals surface area (Å²) in [6, 6.07) is 13.8. The van der Waals surface area contributed by atoms with E-state index >= 15 is 0 Å². The molecule has 4 aliphatic rings. The molecule has 1 aromatic heterocycles. The number of amides is 6. The summed E-state index contributed by atoms with van der Waals surface area (Å²) in [6.45, 7) is 2.88. The van der Waals surface area contributed by atoms with Gasteiger partial charge in [0.2, 0.25) is 23.6 Å². The maximum absolute atomic E-state index is 13.4. The molecule has 0 aliphatic carbocycles. The molecule has 4 aliphatic heterocycles. The van der Waals surface area contributed by atoms with Gasteiger partial charge in [0, 0.05) is 62.5 Å². The first kappa shape index (κ1) is 32.2. The Balaban J connectivity index is 0.894. The number of hydrogen-bond acceptors (Lipinski definition) is 8. The van der Waals surface area contributed by atoms with Gasteiger partial charge in [-0.2, -0.15) is 5.10 Å². The van der Waals surface area contributed by atoms with Crippen LogP contribution in [0.1, 0.15) is 76.4 Å². The average Bonchev–Trinajstić information content (AvgIpc) is 3.70. The topological polar surface area (TPSA) is 154 Å². The van der Waals surface area contributed by atoms with Crippen LogP contribution in [-0.2, 0) is 32.1 Å². The molecule has 2 N–H and O–H groups in total. The van der Waals surface area contributed by atoms with E-state index in [1.807, 2.05) is 51.0 Å². The second-order valence-corrected chi connectivity index (χ2v) is 13.2. The van der Waals surface area contributed by atoms with Gasteiger partial charge < -0.3 is 15.1 Å². The summed E-state index contributed by atoms with van der Waals surface area (Å²) in [5, 5.41) is 10.1. The predicted molar refractivity (Wildman–Crippen MR) is 177 cm³/mol. The second-order valence-electron chi connectivity index (χ2n) is 13.2. The van der Waals surface area contributed by atoms with Crippen molar-refractivity contribution >= 4 is 41.1 Å². The maximum Gasteiger partial charge on any atom is 0.264 e. The van der Waals surface area contributed by atoms with Gasteiger partial charge in [-0.3, -0.25) is 43.7 Å². The molecule has 1 atom stereocenters. The lowest BCUT2D eigenvalue weighted by molar-refractivity contribution is -0.141. The number of aromatic nitrogens is 2. The quantitative estimate of drug-likeness (QED) is 0.348. The van der Waals surface area contributed by atoms with E-state index in [1.165, 1.54) is 0 Å². The first-order valence-corrected chi connectivity index (χ1v) is 17.0. The largest absolute Gasteiger partial charge is 0.380 e. The molecular weight excluding hydrogens is 626 g/mol. The molecule has 6 amide bonds. The first-order chi connectivity index (χ1) is 23.8. The molecular formula is C36H39N7O6. The molecule has 0 radical (unpaired) electrons. The molecule has 0 bridgehead atoms. The highest BCUT2D eigenvalue weighted by atomic mass is 16.2. The van der Waals surface area contributed by atoms with Crippen LogP contribution in [0, 0.1) is 5.92 Å². The number of carbonyl (C=O) groups excluding carboxylic acids is 6. The number of hydrogen-bond donors (Lipinski definition) is 2. The lowest BCUT2D eigenvalue weighted by atomic mass is 9.93. The van der Waals surface area contributed by atoms with E-state index in [1.54, 1.807) is 24.4 Å². The van der Waals surface area contributed by atoms with Gasteiger partial charge in [-0.1, -0.05) is 36.4 Å². The third-order valence-electron chi connectivity index (χ3n) is 10.2. The number of rotatable bonds is 8. The maximum atomic E-state index is 13.4. The predicted octanol–water partition coefficient (Wildman–Crippen LogP) is 2.54. The van der Waals surface area contributed by atoms with E-state index in [2.05, 4.69) is 15.7 Å². The summed E-state index contributed by atoms with van der Waals surface area (Å²) in [6.07, 6.45) is 7.23. The minimum atomic E-state index is -1.02. The summed E-state index contributed by atoms with van der Waals surface area (Å²) < 4.78 is 1.93. The van der Waals surface area contributed by atoms with Gasteiger partial charge in [0.05, 0.1) is 29.8 Å². The van der Waals surface area contributed by atoms with Crippen LogP contribution in [0.3, 0.4) is 0 Å². The number of anilines is 1. The van der Waals surface area contributed by atoms with Gasteiger partial charge in [-0.15, -0.1) is 0 Å². The summed E-state index contributed by atoms with van der Waals surface area (Å²) in [5.74, 6) is -1.93. The van der Waals surface area contributed by atoms with Crippen LogP contribution >= 0.6 is 0 Å². The van der Waals surface area contributed by atoms with Crippen LogP contribution in [0.15, 0.2) is 60.9 Å². The molecule has 3 saturated heterocycles. The molecule has 13 nitrogen and oxygen atoms in total. The van der Waals surface area contributed by atoms with Gasteiger partial charge in [0.1, 0.15) is 6.04 Å². The van der Waals surface area contributed by atoms with Crippen molar-refractivity contribution in [3.8, 4) is 0 Å². The Morgan fingerprint density at radius 2 is 1.55 bits per heavy atom. The molecule has 3 fully saturated rings. The van der Waals surface area contributed by atoms with Gasteiger partial charge in [-0.05, 0) is 49.8 Å². The third-order valence-corrected chi connectivity index (χ3v) is 10.2. The van der Waals surface area contributed by atoms with Crippen molar-refractivity contribution in [1.82, 2.24) is 29.8 Å². The Kier molecular flexibility index (Phi) is 8.98. The van der Waals surface area contributed by atoms with Crippen LogP contribution in [0.25, 0.3) is 0 Å². The summed E-state index contributed by atoms with van der Waals surface area (Å²) >= 11 is 0. The van der Waals surface area contributed by atoms with Crippen LogP contribution in [0.5, 0.6) is 0 Å². The number of nitrogens with one attached hydrogen (secondary N) is 2. The lowest BCUT2D eigenvalue weighted by Crippen LogP contribution is -2.54. The minimum absolute atomic E-state index is 0.0579. The van der Waals surface area contributed by atoms with E-state index in [0.29, 0.717) is 57.7 Å².